The zero-order valence-corrected chi connectivity index (χ0v) is 29.6. The fourth-order valence-electron chi connectivity index (χ4n) is 4.89. The van der Waals surface area contributed by atoms with Gasteiger partial charge in [-0.1, -0.05) is 17.9 Å². The number of rotatable bonds is 6. The van der Waals surface area contributed by atoms with Crippen molar-refractivity contribution in [3.8, 4) is 17.6 Å². The largest absolute Gasteiger partial charge is 0.495 e. The number of benzene rings is 2. The van der Waals surface area contributed by atoms with E-state index in [9.17, 15) is 18.0 Å². The van der Waals surface area contributed by atoms with Gasteiger partial charge in [-0.3, -0.25) is 4.90 Å². The number of anilines is 2. The number of piperidine rings is 1. The number of fused-ring (bicyclic) bond motifs is 1. The lowest BCUT2D eigenvalue weighted by molar-refractivity contribution is 0.0125. The Balaban J connectivity index is 1.54. The zero-order valence-electron chi connectivity index (χ0n) is 28.0. The smallest absolute Gasteiger partial charge is 0.415 e. The minimum Gasteiger partial charge on any atom is -0.495 e. The van der Waals surface area contributed by atoms with Crippen molar-refractivity contribution in [1.29, 1.82) is 0 Å². The predicted octanol–water partition coefficient (Wildman–Crippen LogP) is 6.87. The van der Waals surface area contributed by atoms with Gasteiger partial charge in [-0.05, 0) is 78.3 Å². The summed E-state index contributed by atoms with van der Waals surface area (Å²) in [5.74, 6) is 6.35. The first kappa shape index (κ1) is 35.8. The van der Waals surface area contributed by atoms with Crippen molar-refractivity contribution in [2.24, 2.45) is 0 Å². The molecule has 0 bridgehead atoms. The van der Waals surface area contributed by atoms with Crippen LogP contribution in [0.2, 0.25) is 0 Å². The molecule has 1 aliphatic heterocycles. The van der Waals surface area contributed by atoms with Crippen LogP contribution in [0.15, 0.2) is 47.4 Å². The molecule has 1 fully saturated rings. The Hall–Kier alpha value is -4.02. The average Bonchev–Trinajstić information content (AvgIpc) is 3.37. The molecule has 2 aromatic carbocycles. The van der Waals surface area contributed by atoms with Crippen molar-refractivity contribution >= 4 is 54.8 Å². The van der Waals surface area contributed by atoms with Crippen LogP contribution in [0.5, 0.6) is 5.75 Å². The molecule has 1 aliphatic rings. The molecule has 0 spiro atoms. The van der Waals surface area contributed by atoms with E-state index in [4.69, 9.17) is 14.2 Å². The van der Waals surface area contributed by atoms with Gasteiger partial charge in [0.25, 0.3) is 0 Å². The molecule has 0 radical (unpaired) electrons. The van der Waals surface area contributed by atoms with E-state index in [-0.39, 0.29) is 23.7 Å². The molecular formula is C34H42FN3O7S2. The van der Waals surface area contributed by atoms with Gasteiger partial charge in [-0.15, -0.1) is 11.3 Å². The number of methoxy groups -OCH3 is 1. The summed E-state index contributed by atoms with van der Waals surface area (Å²) in [6.07, 6.45) is -0.958. The molecule has 3 aromatic rings. The van der Waals surface area contributed by atoms with Crippen molar-refractivity contribution in [2.45, 2.75) is 76.3 Å². The number of halogens is 1. The Kier molecular flexibility index (Phi) is 10.7. The summed E-state index contributed by atoms with van der Waals surface area (Å²) < 4.78 is 56.9. The highest BCUT2D eigenvalue weighted by Gasteiger charge is 2.34. The Morgan fingerprint density at radius 2 is 1.79 bits per heavy atom. The Bertz CT molecular complexity index is 1800. The average molecular weight is 688 g/mol. The molecular weight excluding hydrogens is 646 g/mol. The third-order valence-corrected chi connectivity index (χ3v) is 9.15. The number of sulfone groups is 1. The number of hydrogen-bond donors (Lipinski definition) is 1. The number of nitrogens with one attached hydrogen (secondary N) is 1. The van der Waals surface area contributed by atoms with Gasteiger partial charge in [0, 0.05) is 34.6 Å². The summed E-state index contributed by atoms with van der Waals surface area (Å²) in [6.45, 7) is 10.8. The first-order chi connectivity index (χ1) is 21.8. The summed E-state index contributed by atoms with van der Waals surface area (Å²) >= 11 is 1.46. The minimum atomic E-state index is -3.51. The van der Waals surface area contributed by atoms with Gasteiger partial charge in [0.2, 0.25) is 0 Å². The van der Waals surface area contributed by atoms with Gasteiger partial charge in [0.05, 0.1) is 41.7 Å². The number of ether oxygens (including phenoxy) is 3. The molecule has 13 heteroatoms. The van der Waals surface area contributed by atoms with E-state index in [1.807, 2.05) is 24.3 Å². The lowest BCUT2D eigenvalue weighted by atomic mass is 10.0. The lowest BCUT2D eigenvalue weighted by Gasteiger charge is -2.36. The van der Waals surface area contributed by atoms with Crippen LogP contribution in [0.25, 0.3) is 10.1 Å². The Morgan fingerprint density at radius 1 is 1.09 bits per heavy atom. The molecule has 2 amide bonds. The van der Waals surface area contributed by atoms with E-state index in [0.717, 1.165) is 26.9 Å². The predicted molar refractivity (Wildman–Crippen MR) is 183 cm³/mol. The summed E-state index contributed by atoms with van der Waals surface area (Å²) in [5.41, 5.74) is -0.372. The first-order valence-electron chi connectivity index (χ1n) is 15.1. The number of thiophene rings is 1. The number of carbonyl (C=O) groups excluding carboxylic acids is 2. The van der Waals surface area contributed by atoms with E-state index >= 15 is 4.39 Å². The SMILES string of the molecule is COc1cc(S(C)(=O)=O)ccc1N(CC#Cc1cc2c(N[C@@H]3CCN(C(=O)OC(C)(C)C)C[C@@H]3F)cccc2s1)C(=O)OC(C)(C)C. The van der Waals surface area contributed by atoms with Gasteiger partial charge in [-0.2, -0.15) is 0 Å². The van der Waals surface area contributed by atoms with Crippen LogP contribution in [-0.4, -0.2) is 81.9 Å². The quantitative estimate of drug-likeness (QED) is 0.280. The number of carbonyl (C=O) groups is 2. The van der Waals surface area contributed by atoms with Crippen LogP contribution in [0.1, 0.15) is 52.8 Å². The maximum atomic E-state index is 15.3. The maximum absolute atomic E-state index is 15.3. The standard InChI is InChI=1S/C34H42FN3O7S2/c1-33(2,3)44-31(39)37-18-16-27(25(35)21-37)36-26-12-9-13-30-24(26)19-22(46-30)11-10-17-38(32(40)45-34(4,5)6)28-15-14-23(47(8,41)42)20-29(28)43-7/h9,12-15,19-20,25,27,36H,16-18,21H2,1-8H3/t25-,27+/m0/s1. The van der Waals surface area contributed by atoms with E-state index in [1.54, 1.807) is 41.5 Å². The van der Waals surface area contributed by atoms with Gasteiger partial charge >= 0.3 is 12.2 Å². The molecule has 0 unspecified atom stereocenters. The van der Waals surface area contributed by atoms with Crippen molar-refractivity contribution in [3.63, 3.8) is 0 Å². The molecule has 1 saturated heterocycles. The van der Waals surface area contributed by atoms with E-state index < -0.39 is 45.4 Å². The molecule has 10 nitrogen and oxygen atoms in total. The van der Waals surface area contributed by atoms with Gasteiger partial charge in [-0.25, -0.2) is 22.4 Å². The van der Waals surface area contributed by atoms with Gasteiger partial charge < -0.3 is 24.4 Å². The lowest BCUT2D eigenvalue weighted by Crippen LogP contribution is -2.51. The second kappa shape index (κ2) is 14.0. The van der Waals surface area contributed by atoms with Crippen molar-refractivity contribution in [2.75, 3.05) is 43.2 Å². The van der Waals surface area contributed by atoms with Crippen molar-refractivity contribution in [1.82, 2.24) is 4.90 Å². The summed E-state index contributed by atoms with van der Waals surface area (Å²) in [5, 5.41) is 4.21. The normalized spacial score (nSPS) is 17.0. The van der Waals surface area contributed by atoms with Crippen molar-refractivity contribution in [3.05, 3.63) is 47.3 Å². The highest BCUT2D eigenvalue weighted by Crippen LogP contribution is 2.34. The molecule has 0 aliphatic carbocycles. The molecule has 47 heavy (non-hydrogen) atoms. The second-order valence-electron chi connectivity index (χ2n) is 13.3. The number of nitrogens with zero attached hydrogens (tertiary/aromatic N) is 2. The molecule has 1 aromatic heterocycles. The van der Waals surface area contributed by atoms with E-state index in [2.05, 4.69) is 17.2 Å². The Labute approximate surface area is 280 Å². The Morgan fingerprint density at radius 3 is 2.40 bits per heavy atom. The summed E-state index contributed by atoms with van der Waals surface area (Å²) in [7, 11) is -2.12. The first-order valence-corrected chi connectivity index (χ1v) is 17.8. The van der Waals surface area contributed by atoms with Crippen LogP contribution in [0, 0.1) is 11.8 Å². The number of likely N-dealkylation sites (tertiary alicyclic amines) is 1. The molecule has 1 N–H and O–H groups in total. The van der Waals surface area contributed by atoms with Crippen LogP contribution in [0.3, 0.4) is 0 Å². The van der Waals surface area contributed by atoms with Crippen LogP contribution >= 0.6 is 11.3 Å². The summed E-state index contributed by atoms with van der Waals surface area (Å²) in [4.78, 5) is 29.2. The minimum absolute atomic E-state index is 0.0516. The highest BCUT2D eigenvalue weighted by atomic mass is 32.2. The third-order valence-electron chi connectivity index (χ3n) is 7.03. The molecule has 0 saturated carbocycles. The fourth-order valence-corrected chi connectivity index (χ4v) is 6.49. The molecule has 254 valence electrons. The van der Waals surface area contributed by atoms with Crippen molar-refractivity contribution < 1.29 is 36.6 Å². The maximum Gasteiger partial charge on any atom is 0.415 e. The highest BCUT2D eigenvalue weighted by molar-refractivity contribution is 7.90. The topological polar surface area (TPSA) is 114 Å². The number of hydrogen-bond acceptors (Lipinski definition) is 9. The summed E-state index contributed by atoms with van der Waals surface area (Å²) in [6, 6.07) is 11.4. The molecule has 2 atom stereocenters. The molecule has 2 heterocycles. The second-order valence-corrected chi connectivity index (χ2v) is 16.4. The van der Waals surface area contributed by atoms with E-state index in [1.165, 1.54) is 46.4 Å². The van der Waals surface area contributed by atoms with Gasteiger partial charge in [0.15, 0.2) is 9.84 Å². The molecule has 4 rings (SSSR count). The number of amides is 2. The monoisotopic (exact) mass is 687 g/mol. The van der Waals surface area contributed by atoms with E-state index in [0.29, 0.717) is 18.7 Å². The number of alkyl halides is 1. The van der Waals surface area contributed by atoms with Crippen LogP contribution in [0.4, 0.5) is 25.4 Å². The van der Waals surface area contributed by atoms with Crippen LogP contribution in [-0.2, 0) is 19.3 Å². The third kappa shape index (κ3) is 9.51. The van der Waals surface area contributed by atoms with Gasteiger partial charge in [0.1, 0.15) is 23.1 Å². The fraction of sp³-hybridized carbons (Fsp3) is 0.471. The van der Waals surface area contributed by atoms with Crippen LogP contribution < -0.4 is 15.0 Å². The zero-order chi connectivity index (χ0) is 34.7.